The number of rotatable bonds is 8. The number of nitrogens with two attached hydrogens (primary N) is 1. The van der Waals surface area contributed by atoms with Crippen molar-refractivity contribution in [3.05, 3.63) is 59.7 Å². The molecule has 3 nitrogen and oxygen atoms in total. The van der Waals surface area contributed by atoms with Crippen molar-refractivity contribution in [3.63, 3.8) is 0 Å². The maximum absolute atomic E-state index is 12.7. The van der Waals surface area contributed by atoms with Gasteiger partial charge in [0.1, 0.15) is 0 Å². The molecule has 3 heteroatoms. The topological polar surface area (TPSA) is 55.1 Å². The van der Waals surface area contributed by atoms with Crippen LogP contribution in [0.4, 0.5) is 0 Å². The smallest absolute Gasteiger partial charge is 0.251 e. The maximum atomic E-state index is 12.7. The first-order chi connectivity index (χ1) is 12.1. The molecule has 134 valence electrons. The number of nitrogens with one attached hydrogen (secondary N) is 1. The standard InChI is InChI=1S/C22H30N2O/c1-4-8-17-11-13-18(14-12-17)19-9-6-7-10-20(19)22(25)24-15-21(23)16(3)5-2/h6-7,9-14,16,21H,4-5,8,15,23H2,1-3H3,(H,24,25)/t16-,21+/m0/s1. The Kier molecular flexibility index (Phi) is 7.20. The van der Waals surface area contributed by atoms with E-state index >= 15 is 0 Å². The summed E-state index contributed by atoms with van der Waals surface area (Å²) in [6.07, 6.45) is 3.22. The SMILES string of the molecule is CCCc1ccc(-c2ccccc2C(=O)NC[C@@H](N)[C@@H](C)CC)cc1. The fourth-order valence-electron chi connectivity index (χ4n) is 2.88. The molecule has 0 saturated heterocycles. The van der Waals surface area contributed by atoms with Crippen LogP contribution in [0.5, 0.6) is 0 Å². The molecule has 0 spiro atoms. The summed E-state index contributed by atoms with van der Waals surface area (Å²) < 4.78 is 0. The normalized spacial score (nSPS) is 13.3. The Labute approximate surface area is 151 Å². The molecular weight excluding hydrogens is 308 g/mol. The van der Waals surface area contributed by atoms with E-state index in [4.69, 9.17) is 5.73 Å². The van der Waals surface area contributed by atoms with Crippen molar-refractivity contribution >= 4 is 5.91 Å². The van der Waals surface area contributed by atoms with Crippen molar-refractivity contribution in [2.75, 3.05) is 6.54 Å². The van der Waals surface area contributed by atoms with Gasteiger partial charge in [-0.25, -0.2) is 0 Å². The molecule has 3 N–H and O–H groups in total. The highest BCUT2D eigenvalue weighted by Gasteiger charge is 2.15. The van der Waals surface area contributed by atoms with Crippen LogP contribution < -0.4 is 11.1 Å². The summed E-state index contributed by atoms with van der Waals surface area (Å²) in [5, 5.41) is 2.99. The van der Waals surface area contributed by atoms with E-state index in [1.807, 2.05) is 24.3 Å². The van der Waals surface area contributed by atoms with Crippen LogP contribution in [0.3, 0.4) is 0 Å². The second-order valence-corrected chi connectivity index (χ2v) is 6.75. The summed E-state index contributed by atoms with van der Waals surface area (Å²) >= 11 is 0. The molecule has 0 bridgehead atoms. The second kappa shape index (κ2) is 9.38. The molecule has 2 aromatic rings. The summed E-state index contributed by atoms with van der Waals surface area (Å²) in [6, 6.07) is 16.2. The van der Waals surface area contributed by atoms with Gasteiger partial charge in [-0.3, -0.25) is 4.79 Å². The van der Waals surface area contributed by atoms with Crippen LogP contribution in [0.2, 0.25) is 0 Å². The number of benzene rings is 2. The monoisotopic (exact) mass is 338 g/mol. The molecule has 1 amide bonds. The van der Waals surface area contributed by atoms with Crippen LogP contribution in [0, 0.1) is 5.92 Å². The van der Waals surface area contributed by atoms with Gasteiger partial charge in [0.05, 0.1) is 0 Å². The molecule has 0 unspecified atom stereocenters. The second-order valence-electron chi connectivity index (χ2n) is 6.75. The van der Waals surface area contributed by atoms with Crippen molar-refractivity contribution in [1.29, 1.82) is 0 Å². The van der Waals surface area contributed by atoms with E-state index in [0.29, 0.717) is 18.0 Å². The van der Waals surface area contributed by atoms with E-state index in [-0.39, 0.29) is 11.9 Å². The highest BCUT2D eigenvalue weighted by atomic mass is 16.1. The predicted molar refractivity (Wildman–Crippen MR) is 106 cm³/mol. The summed E-state index contributed by atoms with van der Waals surface area (Å²) in [6.45, 7) is 6.90. The summed E-state index contributed by atoms with van der Waals surface area (Å²) in [7, 11) is 0. The Hall–Kier alpha value is -2.13. The zero-order valence-corrected chi connectivity index (χ0v) is 15.6. The third kappa shape index (κ3) is 5.17. The zero-order chi connectivity index (χ0) is 18.2. The van der Waals surface area contributed by atoms with Gasteiger partial charge in [-0.2, -0.15) is 0 Å². The first-order valence-corrected chi connectivity index (χ1v) is 9.28. The Morgan fingerprint density at radius 3 is 2.40 bits per heavy atom. The van der Waals surface area contributed by atoms with Gasteiger partial charge in [-0.15, -0.1) is 0 Å². The largest absolute Gasteiger partial charge is 0.350 e. The molecule has 0 radical (unpaired) electrons. The van der Waals surface area contributed by atoms with E-state index in [0.717, 1.165) is 30.4 Å². The first kappa shape index (κ1) is 19.2. The lowest BCUT2D eigenvalue weighted by Crippen LogP contribution is -2.41. The van der Waals surface area contributed by atoms with Gasteiger partial charge in [0.15, 0.2) is 0 Å². The van der Waals surface area contributed by atoms with Crippen molar-refractivity contribution in [2.45, 2.75) is 46.1 Å². The number of aryl methyl sites for hydroxylation is 1. The minimum atomic E-state index is -0.0630. The molecule has 2 rings (SSSR count). The van der Waals surface area contributed by atoms with Crippen molar-refractivity contribution in [3.8, 4) is 11.1 Å². The predicted octanol–water partition coefficient (Wildman–Crippen LogP) is 4.41. The molecule has 2 atom stereocenters. The first-order valence-electron chi connectivity index (χ1n) is 9.28. The molecule has 0 aliphatic carbocycles. The molecule has 0 aliphatic rings. The van der Waals surface area contributed by atoms with Crippen LogP contribution in [0.25, 0.3) is 11.1 Å². The number of amides is 1. The molecule has 25 heavy (non-hydrogen) atoms. The fraction of sp³-hybridized carbons (Fsp3) is 0.409. The summed E-state index contributed by atoms with van der Waals surface area (Å²) in [5.74, 6) is 0.327. The number of carbonyl (C=O) groups excluding carboxylic acids is 1. The van der Waals surface area contributed by atoms with Crippen LogP contribution in [-0.4, -0.2) is 18.5 Å². The van der Waals surface area contributed by atoms with Gasteiger partial charge < -0.3 is 11.1 Å². The molecule has 0 fully saturated rings. The third-order valence-electron chi connectivity index (χ3n) is 4.85. The van der Waals surface area contributed by atoms with Gasteiger partial charge in [0, 0.05) is 18.2 Å². The van der Waals surface area contributed by atoms with E-state index in [1.165, 1.54) is 5.56 Å². The van der Waals surface area contributed by atoms with Crippen molar-refractivity contribution < 1.29 is 4.79 Å². The average Bonchev–Trinajstić information content (AvgIpc) is 2.66. The van der Waals surface area contributed by atoms with E-state index in [2.05, 4.69) is 50.4 Å². The maximum Gasteiger partial charge on any atom is 0.251 e. The number of hydrogen-bond acceptors (Lipinski definition) is 2. The van der Waals surface area contributed by atoms with Crippen LogP contribution in [0.1, 0.15) is 49.5 Å². The summed E-state index contributed by atoms with van der Waals surface area (Å²) in [4.78, 5) is 12.7. The minimum Gasteiger partial charge on any atom is -0.350 e. The lowest BCUT2D eigenvalue weighted by Gasteiger charge is -2.19. The number of hydrogen-bond donors (Lipinski definition) is 2. The molecule has 2 aromatic carbocycles. The van der Waals surface area contributed by atoms with E-state index < -0.39 is 0 Å². The van der Waals surface area contributed by atoms with E-state index in [9.17, 15) is 4.79 Å². The molecule has 0 aliphatic heterocycles. The van der Waals surface area contributed by atoms with Crippen molar-refractivity contribution in [2.24, 2.45) is 11.7 Å². The Balaban J connectivity index is 2.15. The highest BCUT2D eigenvalue weighted by molar-refractivity contribution is 6.00. The third-order valence-corrected chi connectivity index (χ3v) is 4.85. The minimum absolute atomic E-state index is 0.0190. The fourth-order valence-corrected chi connectivity index (χ4v) is 2.88. The molecular formula is C22H30N2O. The van der Waals surface area contributed by atoms with Gasteiger partial charge in [0.2, 0.25) is 0 Å². The van der Waals surface area contributed by atoms with Crippen LogP contribution in [0.15, 0.2) is 48.5 Å². The summed E-state index contributed by atoms with van der Waals surface area (Å²) in [5.41, 5.74) is 10.2. The zero-order valence-electron chi connectivity index (χ0n) is 15.6. The van der Waals surface area contributed by atoms with Crippen LogP contribution >= 0.6 is 0 Å². The molecule has 0 heterocycles. The molecule has 0 aromatic heterocycles. The van der Waals surface area contributed by atoms with Gasteiger partial charge in [-0.1, -0.05) is 76.1 Å². The quantitative estimate of drug-likeness (QED) is 0.749. The van der Waals surface area contributed by atoms with Gasteiger partial charge in [0.25, 0.3) is 5.91 Å². The Morgan fingerprint density at radius 1 is 1.08 bits per heavy atom. The van der Waals surface area contributed by atoms with E-state index in [1.54, 1.807) is 0 Å². The molecule has 0 saturated carbocycles. The van der Waals surface area contributed by atoms with Crippen LogP contribution in [-0.2, 0) is 6.42 Å². The lowest BCUT2D eigenvalue weighted by molar-refractivity contribution is 0.0949. The van der Waals surface area contributed by atoms with Gasteiger partial charge >= 0.3 is 0 Å². The highest BCUT2D eigenvalue weighted by Crippen LogP contribution is 2.24. The van der Waals surface area contributed by atoms with Gasteiger partial charge in [-0.05, 0) is 35.1 Å². The Morgan fingerprint density at radius 2 is 1.76 bits per heavy atom. The lowest BCUT2D eigenvalue weighted by atomic mass is 9.97. The Bertz CT molecular complexity index is 679. The number of carbonyl (C=O) groups is 1. The average molecular weight is 338 g/mol. The van der Waals surface area contributed by atoms with Crippen molar-refractivity contribution in [1.82, 2.24) is 5.32 Å².